The number of aryl methyl sites for hydroxylation is 1. The Bertz CT molecular complexity index is 651. The van der Waals surface area contributed by atoms with E-state index in [1.807, 2.05) is 6.92 Å². The molecular weight excluding hydrogens is 263 g/mol. The second-order valence-corrected chi connectivity index (χ2v) is 5.44. The van der Waals surface area contributed by atoms with Gasteiger partial charge in [0.25, 0.3) is 0 Å². The summed E-state index contributed by atoms with van der Waals surface area (Å²) in [7, 11) is 0. The van der Waals surface area contributed by atoms with Crippen LogP contribution in [0.15, 0.2) is 18.2 Å². The molecule has 0 aliphatic heterocycles. The van der Waals surface area contributed by atoms with E-state index in [0.717, 1.165) is 35.5 Å². The molecule has 2 nitrogen and oxygen atoms in total. The monoisotopic (exact) mass is 276 g/mol. The van der Waals surface area contributed by atoms with Gasteiger partial charge in [-0.05, 0) is 50.5 Å². The third-order valence-corrected chi connectivity index (χ3v) is 3.85. The summed E-state index contributed by atoms with van der Waals surface area (Å²) in [6, 6.07) is 5.01. The van der Waals surface area contributed by atoms with Crippen molar-refractivity contribution in [3.63, 3.8) is 0 Å². The molecule has 0 N–H and O–H groups in total. The van der Waals surface area contributed by atoms with Crippen LogP contribution in [0.1, 0.15) is 35.7 Å². The van der Waals surface area contributed by atoms with Crippen molar-refractivity contribution < 1.29 is 4.39 Å². The highest BCUT2D eigenvalue weighted by atomic mass is 35.5. The molecule has 1 saturated carbocycles. The summed E-state index contributed by atoms with van der Waals surface area (Å²) in [5.41, 5.74) is 3.16. The van der Waals surface area contributed by atoms with Crippen LogP contribution in [0.4, 0.5) is 4.39 Å². The fourth-order valence-corrected chi connectivity index (χ4v) is 2.28. The summed E-state index contributed by atoms with van der Waals surface area (Å²) in [5.74, 6) is 1.05. The summed E-state index contributed by atoms with van der Waals surface area (Å²) in [6.45, 7) is 3.64. The van der Waals surface area contributed by atoms with E-state index in [1.165, 1.54) is 6.07 Å². The van der Waals surface area contributed by atoms with E-state index in [9.17, 15) is 4.39 Å². The maximum Gasteiger partial charge on any atom is 0.136 e. The maximum atomic E-state index is 13.4. The van der Waals surface area contributed by atoms with Crippen LogP contribution in [-0.2, 0) is 0 Å². The number of rotatable bonds is 2. The Morgan fingerprint density at radius 3 is 2.58 bits per heavy atom. The Balaban J connectivity index is 2.14. The van der Waals surface area contributed by atoms with E-state index in [4.69, 9.17) is 11.6 Å². The summed E-state index contributed by atoms with van der Waals surface area (Å²) in [5, 5.41) is 0.494. The molecule has 0 spiro atoms. The van der Waals surface area contributed by atoms with Crippen molar-refractivity contribution >= 4 is 11.6 Å². The molecule has 0 bridgehead atoms. The van der Waals surface area contributed by atoms with Gasteiger partial charge >= 0.3 is 0 Å². The Morgan fingerprint density at radius 1 is 1.21 bits per heavy atom. The number of benzene rings is 1. The van der Waals surface area contributed by atoms with Crippen molar-refractivity contribution in [2.45, 2.75) is 32.6 Å². The Hall–Kier alpha value is -1.48. The normalized spacial score (nSPS) is 14.7. The van der Waals surface area contributed by atoms with Gasteiger partial charge < -0.3 is 0 Å². The predicted octanol–water partition coefficient (Wildman–Crippen LogP) is 4.43. The van der Waals surface area contributed by atoms with E-state index >= 15 is 0 Å². The summed E-state index contributed by atoms with van der Waals surface area (Å²) in [6.07, 6.45) is 2.25. The van der Waals surface area contributed by atoms with Crippen LogP contribution < -0.4 is 0 Å². The summed E-state index contributed by atoms with van der Waals surface area (Å²) in [4.78, 5) is 8.96. The first kappa shape index (κ1) is 12.5. The molecular formula is C15H14ClFN2. The van der Waals surface area contributed by atoms with Crippen LogP contribution in [0.5, 0.6) is 0 Å². The lowest BCUT2D eigenvalue weighted by Gasteiger charge is -2.10. The van der Waals surface area contributed by atoms with Crippen LogP contribution in [0, 0.1) is 19.7 Å². The average molecular weight is 277 g/mol. The smallest absolute Gasteiger partial charge is 0.136 e. The Morgan fingerprint density at radius 2 is 1.95 bits per heavy atom. The number of hydrogen-bond donors (Lipinski definition) is 0. The molecule has 0 atom stereocenters. The van der Waals surface area contributed by atoms with Gasteiger partial charge in [0.1, 0.15) is 16.8 Å². The van der Waals surface area contributed by atoms with Crippen LogP contribution in [0.3, 0.4) is 0 Å². The zero-order chi connectivity index (χ0) is 13.6. The van der Waals surface area contributed by atoms with Gasteiger partial charge in [0.2, 0.25) is 0 Å². The van der Waals surface area contributed by atoms with Crippen molar-refractivity contribution in [1.82, 2.24) is 9.97 Å². The van der Waals surface area contributed by atoms with Gasteiger partial charge in [-0.3, -0.25) is 0 Å². The van der Waals surface area contributed by atoms with Gasteiger partial charge in [-0.1, -0.05) is 11.6 Å². The first-order valence-electron chi connectivity index (χ1n) is 6.37. The zero-order valence-corrected chi connectivity index (χ0v) is 11.6. The highest BCUT2D eigenvalue weighted by molar-refractivity contribution is 6.30. The summed E-state index contributed by atoms with van der Waals surface area (Å²) < 4.78 is 13.4. The van der Waals surface area contributed by atoms with E-state index in [-0.39, 0.29) is 5.82 Å². The fraction of sp³-hybridized carbons (Fsp3) is 0.333. The van der Waals surface area contributed by atoms with E-state index < -0.39 is 0 Å². The molecule has 0 radical (unpaired) electrons. The van der Waals surface area contributed by atoms with Crippen molar-refractivity contribution in [1.29, 1.82) is 0 Å². The van der Waals surface area contributed by atoms with Crippen LogP contribution in [0.25, 0.3) is 11.3 Å². The second-order valence-electron chi connectivity index (χ2n) is 5.08. The Labute approximate surface area is 116 Å². The lowest BCUT2D eigenvalue weighted by atomic mass is 10.0. The SMILES string of the molecule is Cc1cc(-c2nc(C3CC3)nc(Cl)c2C)ccc1F. The zero-order valence-electron chi connectivity index (χ0n) is 10.9. The second kappa shape index (κ2) is 4.57. The molecule has 1 aliphatic carbocycles. The third-order valence-electron chi connectivity index (χ3n) is 3.48. The molecule has 98 valence electrons. The molecule has 19 heavy (non-hydrogen) atoms. The molecule has 1 fully saturated rings. The minimum absolute atomic E-state index is 0.205. The maximum absolute atomic E-state index is 13.4. The van der Waals surface area contributed by atoms with Crippen LogP contribution in [0.2, 0.25) is 5.15 Å². The standard InChI is InChI=1S/C15H14ClFN2/c1-8-7-11(5-6-12(8)17)13-9(2)14(16)19-15(18-13)10-3-4-10/h5-7,10H,3-4H2,1-2H3. The molecule has 1 heterocycles. The largest absolute Gasteiger partial charge is 0.232 e. The molecule has 2 aromatic rings. The molecule has 3 rings (SSSR count). The minimum atomic E-state index is -0.205. The average Bonchev–Trinajstić information content (AvgIpc) is 3.20. The predicted molar refractivity (Wildman–Crippen MR) is 73.9 cm³/mol. The topological polar surface area (TPSA) is 25.8 Å². The van der Waals surface area contributed by atoms with Gasteiger partial charge in [0.05, 0.1) is 5.69 Å². The van der Waals surface area contributed by atoms with Crippen LogP contribution >= 0.6 is 11.6 Å². The summed E-state index contributed by atoms with van der Waals surface area (Å²) >= 11 is 6.19. The quantitative estimate of drug-likeness (QED) is 0.758. The van der Waals surface area contributed by atoms with Gasteiger partial charge in [-0.15, -0.1) is 0 Å². The lowest BCUT2D eigenvalue weighted by molar-refractivity contribution is 0.618. The molecule has 1 aromatic carbocycles. The first-order chi connectivity index (χ1) is 9.06. The van der Waals surface area contributed by atoms with Crippen molar-refractivity contribution in [3.8, 4) is 11.3 Å². The third kappa shape index (κ3) is 2.35. The van der Waals surface area contributed by atoms with Gasteiger partial charge in [0.15, 0.2) is 0 Å². The number of hydrogen-bond acceptors (Lipinski definition) is 2. The first-order valence-corrected chi connectivity index (χ1v) is 6.74. The van der Waals surface area contributed by atoms with E-state index in [1.54, 1.807) is 19.1 Å². The van der Waals surface area contributed by atoms with Gasteiger partial charge in [-0.2, -0.15) is 0 Å². The number of aromatic nitrogens is 2. The fourth-order valence-electron chi connectivity index (χ4n) is 2.10. The molecule has 4 heteroatoms. The highest BCUT2D eigenvalue weighted by Crippen LogP contribution is 2.40. The Kier molecular flexibility index (Phi) is 3.02. The molecule has 0 unspecified atom stereocenters. The molecule has 0 amide bonds. The van der Waals surface area contributed by atoms with Gasteiger partial charge in [0, 0.05) is 17.0 Å². The van der Waals surface area contributed by atoms with E-state index in [2.05, 4.69) is 9.97 Å². The number of halogens is 2. The van der Waals surface area contributed by atoms with Crippen LogP contribution in [-0.4, -0.2) is 9.97 Å². The van der Waals surface area contributed by atoms with Gasteiger partial charge in [-0.25, -0.2) is 14.4 Å². The molecule has 0 saturated heterocycles. The van der Waals surface area contributed by atoms with E-state index in [0.29, 0.717) is 16.6 Å². The number of nitrogens with zero attached hydrogens (tertiary/aromatic N) is 2. The highest BCUT2D eigenvalue weighted by Gasteiger charge is 2.28. The van der Waals surface area contributed by atoms with Crippen molar-refractivity contribution in [2.75, 3.05) is 0 Å². The molecule has 1 aromatic heterocycles. The van der Waals surface area contributed by atoms with Crippen molar-refractivity contribution in [3.05, 3.63) is 46.1 Å². The van der Waals surface area contributed by atoms with Crippen molar-refractivity contribution in [2.24, 2.45) is 0 Å². The minimum Gasteiger partial charge on any atom is -0.232 e. The molecule has 1 aliphatic rings. The lowest BCUT2D eigenvalue weighted by Crippen LogP contribution is -2.00.